The molecule has 0 bridgehead atoms. The van der Waals surface area contributed by atoms with Crippen LogP contribution in [0.5, 0.6) is 0 Å². The smallest absolute Gasteiger partial charge is 0.450 e. The molecule has 1 rings (SSSR count). The molecule has 1 unspecified atom stereocenters. The number of rotatable bonds is 7. The van der Waals surface area contributed by atoms with Gasteiger partial charge in [-0.15, -0.1) is 0 Å². The van der Waals surface area contributed by atoms with Crippen LogP contribution in [0.3, 0.4) is 0 Å². The van der Waals surface area contributed by atoms with E-state index in [-0.39, 0.29) is 6.10 Å². The van der Waals surface area contributed by atoms with Gasteiger partial charge in [0.15, 0.2) is 0 Å². The van der Waals surface area contributed by atoms with E-state index in [9.17, 15) is 9.59 Å². The van der Waals surface area contributed by atoms with E-state index in [1.54, 1.807) is 0 Å². The van der Waals surface area contributed by atoms with Crippen LogP contribution in [0, 0.1) is 0 Å². The monoisotopic (exact) mass is 248 g/mol. The van der Waals surface area contributed by atoms with E-state index in [0.717, 1.165) is 6.61 Å². The van der Waals surface area contributed by atoms with Crippen LogP contribution in [0.25, 0.3) is 0 Å². The zero-order valence-corrected chi connectivity index (χ0v) is 10.6. The standard InChI is InChI=1S/C9H16O6Si/c1-7(10)14-16(15-8(2)11)4-3-12-5-9-6-13-9/h9,16H,3-6H2,1-2H3. The Hall–Kier alpha value is -0.923. The summed E-state index contributed by atoms with van der Waals surface area (Å²) < 4.78 is 20.1. The molecule has 0 spiro atoms. The minimum absolute atomic E-state index is 0.211. The average Bonchev–Trinajstić information content (AvgIpc) is 2.93. The number of epoxide rings is 1. The second kappa shape index (κ2) is 6.61. The van der Waals surface area contributed by atoms with E-state index in [1.165, 1.54) is 13.8 Å². The Bertz CT molecular complexity index is 236. The van der Waals surface area contributed by atoms with Gasteiger partial charge < -0.3 is 18.3 Å². The van der Waals surface area contributed by atoms with E-state index in [4.69, 9.17) is 18.3 Å². The second-order valence-electron chi connectivity index (χ2n) is 3.47. The second-order valence-corrected chi connectivity index (χ2v) is 5.38. The largest absolute Gasteiger partial charge is 0.487 e. The summed E-state index contributed by atoms with van der Waals surface area (Å²) in [5.74, 6) is -0.855. The molecule has 1 atom stereocenters. The third-order valence-electron chi connectivity index (χ3n) is 1.80. The Balaban J connectivity index is 2.13. The molecular weight excluding hydrogens is 232 g/mol. The Labute approximate surface area is 95.7 Å². The zero-order valence-electron chi connectivity index (χ0n) is 9.43. The van der Waals surface area contributed by atoms with Gasteiger partial charge in [-0.3, -0.25) is 9.59 Å². The van der Waals surface area contributed by atoms with Gasteiger partial charge in [-0.1, -0.05) is 0 Å². The maximum Gasteiger partial charge on any atom is 0.450 e. The molecule has 6 nitrogen and oxygen atoms in total. The summed E-state index contributed by atoms with van der Waals surface area (Å²) in [5, 5.41) is 0. The van der Waals surface area contributed by atoms with Crippen molar-refractivity contribution in [2.24, 2.45) is 0 Å². The van der Waals surface area contributed by atoms with Gasteiger partial charge in [0.05, 0.1) is 19.8 Å². The van der Waals surface area contributed by atoms with Crippen LogP contribution in [0.1, 0.15) is 13.8 Å². The molecule has 92 valence electrons. The molecule has 1 saturated heterocycles. The SMILES string of the molecule is CC(=O)O[SiH](CCOCC1CO1)OC(C)=O. The van der Waals surface area contributed by atoms with Crippen molar-refractivity contribution in [3.63, 3.8) is 0 Å². The Morgan fingerprint density at radius 1 is 1.31 bits per heavy atom. The van der Waals surface area contributed by atoms with Crippen molar-refractivity contribution in [1.82, 2.24) is 0 Å². The van der Waals surface area contributed by atoms with Crippen molar-refractivity contribution in [2.75, 3.05) is 19.8 Å². The highest BCUT2D eigenvalue weighted by Crippen LogP contribution is 2.09. The van der Waals surface area contributed by atoms with Crippen LogP contribution in [-0.4, -0.2) is 47.1 Å². The fourth-order valence-electron chi connectivity index (χ4n) is 1.07. The predicted molar refractivity (Wildman–Crippen MR) is 56.0 cm³/mol. The van der Waals surface area contributed by atoms with Crippen molar-refractivity contribution in [1.29, 1.82) is 0 Å². The van der Waals surface area contributed by atoms with Crippen LogP contribution in [0.15, 0.2) is 0 Å². The average molecular weight is 248 g/mol. The lowest BCUT2D eigenvalue weighted by Gasteiger charge is -2.14. The first-order valence-electron chi connectivity index (χ1n) is 5.11. The molecule has 1 aliphatic rings. The summed E-state index contributed by atoms with van der Waals surface area (Å²) in [6, 6.07) is 0.464. The molecule has 0 aromatic heterocycles. The summed E-state index contributed by atoms with van der Waals surface area (Å²) in [4.78, 5) is 21.5. The fraction of sp³-hybridized carbons (Fsp3) is 0.778. The Morgan fingerprint density at radius 3 is 2.31 bits per heavy atom. The van der Waals surface area contributed by atoms with Gasteiger partial charge in [0, 0.05) is 19.9 Å². The summed E-state index contributed by atoms with van der Waals surface area (Å²) in [5.41, 5.74) is 0. The topological polar surface area (TPSA) is 74.4 Å². The van der Waals surface area contributed by atoms with Gasteiger partial charge in [0.1, 0.15) is 6.10 Å². The fourth-order valence-corrected chi connectivity index (χ4v) is 2.45. The normalized spacial score (nSPS) is 18.3. The molecule has 1 heterocycles. The van der Waals surface area contributed by atoms with Gasteiger partial charge in [0.25, 0.3) is 11.9 Å². The number of carbonyl (C=O) groups is 2. The van der Waals surface area contributed by atoms with Crippen LogP contribution in [0.2, 0.25) is 6.04 Å². The lowest BCUT2D eigenvalue weighted by molar-refractivity contribution is -0.137. The lowest BCUT2D eigenvalue weighted by atomic mass is 10.5. The molecule has 1 fully saturated rings. The summed E-state index contributed by atoms with van der Waals surface area (Å²) in [6.45, 7) is 4.29. The molecule has 0 aliphatic carbocycles. The van der Waals surface area contributed by atoms with Crippen molar-refractivity contribution < 1.29 is 27.9 Å². The van der Waals surface area contributed by atoms with E-state index >= 15 is 0 Å². The van der Waals surface area contributed by atoms with Gasteiger partial charge in [-0.2, -0.15) is 0 Å². The highest BCUT2D eigenvalue weighted by molar-refractivity contribution is 6.48. The van der Waals surface area contributed by atoms with E-state index in [2.05, 4.69) is 0 Å². The summed E-state index contributed by atoms with van der Waals surface area (Å²) >= 11 is 0. The first kappa shape index (κ1) is 13.1. The molecule has 0 amide bonds. The first-order chi connectivity index (χ1) is 7.58. The molecule has 0 aromatic rings. The minimum atomic E-state index is -2.26. The van der Waals surface area contributed by atoms with Crippen LogP contribution < -0.4 is 0 Å². The van der Waals surface area contributed by atoms with Gasteiger partial charge in [0.2, 0.25) is 0 Å². The quantitative estimate of drug-likeness (QED) is 0.351. The van der Waals surface area contributed by atoms with E-state index < -0.39 is 21.2 Å². The van der Waals surface area contributed by atoms with Crippen LogP contribution >= 0.6 is 0 Å². The Kier molecular flexibility index (Phi) is 5.43. The van der Waals surface area contributed by atoms with E-state index in [1.807, 2.05) is 0 Å². The molecule has 0 saturated carbocycles. The predicted octanol–water partition coefficient (Wildman–Crippen LogP) is -0.252. The summed E-state index contributed by atoms with van der Waals surface area (Å²) in [6.07, 6.45) is 0.211. The van der Waals surface area contributed by atoms with Crippen molar-refractivity contribution in [2.45, 2.75) is 26.0 Å². The number of carbonyl (C=O) groups excluding carboxylic acids is 2. The van der Waals surface area contributed by atoms with Crippen molar-refractivity contribution in [3.05, 3.63) is 0 Å². The van der Waals surface area contributed by atoms with Crippen molar-refractivity contribution in [3.8, 4) is 0 Å². The number of hydrogen-bond acceptors (Lipinski definition) is 6. The highest BCUT2D eigenvalue weighted by Gasteiger charge is 2.24. The molecule has 0 radical (unpaired) electrons. The van der Waals surface area contributed by atoms with Crippen LogP contribution in [0.4, 0.5) is 0 Å². The molecular formula is C9H16O6Si. The molecule has 1 aliphatic heterocycles. The third-order valence-corrected chi connectivity index (χ3v) is 3.70. The minimum Gasteiger partial charge on any atom is -0.487 e. The number of hydrogen-bond donors (Lipinski definition) is 0. The maximum absolute atomic E-state index is 10.7. The van der Waals surface area contributed by atoms with E-state index in [0.29, 0.717) is 19.3 Å². The zero-order chi connectivity index (χ0) is 12.0. The van der Waals surface area contributed by atoms with Crippen LogP contribution in [-0.2, 0) is 27.9 Å². The number of ether oxygens (including phenoxy) is 2. The van der Waals surface area contributed by atoms with Gasteiger partial charge in [-0.25, -0.2) is 0 Å². The van der Waals surface area contributed by atoms with Gasteiger partial charge >= 0.3 is 9.28 Å². The third kappa shape index (κ3) is 6.54. The maximum atomic E-state index is 10.7. The molecule has 7 heteroatoms. The molecule has 16 heavy (non-hydrogen) atoms. The highest BCUT2D eigenvalue weighted by atomic mass is 28.3. The van der Waals surface area contributed by atoms with Gasteiger partial charge in [-0.05, 0) is 0 Å². The first-order valence-corrected chi connectivity index (χ1v) is 6.87. The Morgan fingerprint density at radius 2 is 1.88 bits per heavy atom. The molecule has 0 aromatic carbocycles. The van der Waals surface area contributed by atoms with Crippen molar-refractivity contribution >= 4 is 21.2 Å². The summed E-state index contributed by atoms with van der Waals surface area (Å²) in [7, 11) is -2.26. The lowest BCUT2D eigenvalue weighted by Crippen LogP contribution is -2.28. The molecule has 0 N–H and O–H groups in total.